The van der Waals surface area contributed by atoms with Crippen LogP contribution in [-0.4, -0.2) is 43.0 Å². The summed E-state index contributed by atoms with van der Waals surface area (Å²) < 4.78 is 0. The number of para-hydroxylation sites is 1. The smallest absolute Gasteiger partial charge is 0.263 e. The average molecular weight is 312 g/mol. The van der Waals surface area contributed by atoms with E-state index in [1.165, 1.54) is 5.69 Å². The van der Waals surface area contributed by atoms with Gasteiger partial charge in [0.15, 0.2) is 0 Å². The van der Waals surface area contributed by atoms with Crippen molar-refractivity contribution in [3.05, 3.63) is 42.1 Å². The Labute approximate surface area is 138 Å². The van der Waals surface area contributed by atoms with Crippen LogP contribution < -0.4 is 10.2 Å². The van der Waals surface area contributed by atoms with Crippen molar-refractivity contribution in [2.75, 3.05) is 31.1 Å². The highest BCUT2D eigenvalue weighted by Gasteiger charge is 2.18. The van der Waals surface area contributed by atoms with Gasteiger partial charge in [-0.05, 0) is 25.5 Å². The van der Waals surface area contributed by atoms with Crippen LogP contribution in [0.1, 0.15) is 20.3 Å². The molecule has 122 valence electrons. The van der Waals surface area contributed by atoms with Crippen LogP contribution in [-0.2, 0) is 4.79 Å². The zero-order chi connectivity index (χ0) is 16.7. The van der Waals surface area contributed by atoms with E-state index in [9.17, 15) is 10.1 Å². The molecule has 0 aromatic heterocycles. The maximum Gasteiger partial charge on any atom is 0.263 e. The first kappa shape index (κ1) is 16.9. The van der Waals surface area contributed by atoms with Crippen LogP contribution in [0, 0.1) is 11.3 Å². The maximum absolute atomic E-state index is 12.1. The summed E-state index contributed by atoms with van der Waals surface area (Å²) in [5.74, 6) is -0.285. The first-order valence-corrected chi connectivity index (χ1v) is 8.11. The van der Waals surface area contributed by atoms with Crippen LogP contribution in [0.3, 0.4) is 0 Å². The first-order chi connectivity index (χ1) is 11.1. The number of nitriles is 1. The molecule has 1 aromatic rings. The van der Waals surface area contributed by atoms with Gasteiger partial charge in [0.1, 0.15) is 11.6 Å². The van der Waals surface area contributed by atoms with Crippen LogP contribution in [0.4, 0.5) is 5.69 Å². The molecule has 1 amide bonds. The molecule has 0 radical (unpaired) electrons. The van der Waals surface area contributed by atoms with Crippen LogP contribution in [0.5, 0.6) is 0 Å². The lowest BCUT2D eigenvalue weighted by atomic mass is 10.2. The lowest BCUT2D eigenvalue weighted by Gasteiger charge is -2.35. The van der Waals surface area contributed by atoms with Crippen molar-refractivity contribution in [1.29, 1.82) is 5.26 Å². The fraction of sp³-hybridized carbons (Fsp3) is 0.444. The number of piperazine rings is 1. The molecule has 5 heteroatoms. The second-order valence-electron chi connectivity index (χ2n) is 5.80. The Kier molecular flexibility index (Phi) is 6.04. The summed E-state index contributed by atoms with van der Waals surface area (Å²) in [6.07, 6.45) is 2.54. The first-order valence-electron chi connectivity index (χ1n) is 8.11. The van der Waals surface area contributed by atoms with E-state index in [-0.39, 0.29) is 17.5 Å². The highest BCUT2D eigenvalue weighted by Crippen LogP contribution is 2.16. The second kappa shape index (κ2) is 8.23. The summed E-state index contributed by atoms with van der Waals surface area (Å²) in [7, 11) is 0. The average Bonchev–Trinajstić information content (AvgIpc) is 2.60. The molecule has 1 atom stereocenters. The third-order valence-electron chi connectivity index (χ3n) is 4.10. The summed E-state index contributed by atoms with van der Waals surface area (Å²) in [5.41, 5.74) is 1.39. The summed E-state index contributed by atoms with van der Waals surface area (Å²) in [4.78, 5) is 16.4. The molecule has 23 heavy (non-hydrogen) atoms. The van der Waals surface area contributed by atoms with Crippen molar-refractivity contribution in [2.45, 2.75) is 26.3 Å². The molecular formula is C18H24N4O. The molecule has 1 fully saturated rings. The lowest BCUT2D eigenvalue weighted by Crippen LogP contribution is -2.44. The van der Waals surface area contributed by atoms with Crippen molar-refractivity contribution in [1.82, 2.24) is 10.2 Å². The van der Waals surface area contributed by atoms with Crippen LogP contribution in [0.2, 0.25) is 0 Å². The Bertz CT molecular complexity index is 583. The predicted molar refractivity (Wildman–Crippen MR) is 91.8 cm³/mol. The van der Waals surface area contributed by atoms with Crippen LogP contribution in [0.15, 0.2) is 42.1 Å². The molecule has 1 aliphatic heterocycles. The monoisotopic (exact) mass is 312 g/mol. The number of amides is 1. The fourth-order valence-corrected chi connectivity index (χ4v) is 2.47. The Hall–Kier alpha value is -2.48. The lowest BCUT2D eigenvalue weighted by molar-refractivity contribution is -0.117. The second-order valence-corrected chi connectivity index (χ2v) is 5.80. The normalized spacial score (nSPS) is 16.7. The molecule has 0 saturated carbocycles. The quantitative estimate of drug-likeness (QED) is 0.668. The van der Waals surface area contributed by atoms with Gasteiger partial charge < -0.3 is 15.1 Å². The molecule has 1 saturated heterocycles. The Morgan fingerprint density at radius 1 is 1.30 bits per heavy atom. The zero-order valence-corrected chi connectivity index (χ0v) is 13.8. The Morgan fingerprint density at radius 2 is 1.96 bits per heavy atom. The molecule has 1 aliphatic rings. The van der Waals surface area contributed by atoms with Gasteiger partial charge in [-0.3, -0.25) is 4.79 Å². The van der Waals surface area contributed by atoms with Crippen molar-refractivity contribution in [2.24, 2.45) is 0 Å². The molecule has 0 spiro atoms. The van der Waals surface area contributed by atoms with E-state index in [1.54, 1.807) is 6.20 Å². The molecule has 5 nitrogen and oxygen atoms in total. The standard InChI is InChI=1S/C18H24N4O/c1-3-15(2)20-18(23)16(13-19)14-21-9-11-22(12-10-21)17-7-5-4-6-8-17/h4-8,14-15H,3,9-12H2,1-2H3,(H,20,23)/b16-14-. The Morgan fingerprint density at radius 3 is 2.52 bits per heavy atom. The summed E-state index contributed by atoms with van der Waals surface area (Å²) in [6, 6.07) is 12.4. The van der Waals surface area contributed by atoms with Gasteiger partial charge in [-0.25, -0.2) is 0 Å². The number of hydrogen-bond donors (Lipinski definition) is 1. The molecule has 0 bridgehead atoms. The van der Waals surface area contributed by atoms with Gasteiger partial charge in [0.25, 0.3) is 5.91 Å². The molecule has 1 N–H and O–H groups in total. The molecule has 2 rings (SSSR count). The molecule has 1 unspecified atom stereocenters. The van der Waals surface area contributed by atoms with E-state index in [4.69, 9.17) is 0 Å². The molecule has 1 aromatic carbocycles. The fourth-order valence-electron chi connectivity index (χ4n) is 2.47. The van der Waals surface area contributed by atoms with Gasteiger partial charge in [0.05, 0.1) is 0 Å². The molecule has 1 heterocycles. The van der Waals surface area contributed by atoms with E-state index in [0.29, 0.717) is 0 Å². The van der Waals surface area contributed by atoms with E-state index in [0.717, 1.165) is 32.6 Å². The third kappa shape index (κ3) is 4.75. The minimum Gasteiger partial charge on any atom is -0.373 e. The van der Waals surface area contributed by atoms with Crippen LogP contribution >= 0.6 is 0 Å². The number of rotatable bonds is 5. The summed E-state index contributed by atoms with van der Waals surface area (Å²) in [5, 5.41) is 12.1. The van der Waals surface area contributed by atoms with E-state index >= 15 is 0 Å². The van der Waals surface area contributed by atoms with Crippen molar-refractivity contribution >= 4 is 11.6 Å². The third-order valence-corrected chi connectivity index (χ3v) is 4.10. The van der Waals surface area contributed by atoms with Gasteiger partial charge in [0, 0.05) is 44.1 Å². The largest absolute Gasteiger partial charge is 0.373 e. The predicted octanol–water partition coefficient (Wildman–Crippen LogP) is 2.13. The van der Waals surface area contributed by atoms with Gasteiger partial charge in [-0.2, -0.15) is 5.26 Å². The van der Waals surface area contributed by atoms with Gasteiger partial charge in [0.2, 0.25) is 0 Å². The number of benzene rings is 1. The number of hydrogen-bond acceptors (Lipinski definition) is 4. The Balaban J connectivity index is 1.93. The van der Waals surface area contributed by atoms with E-state index in [2.05, 4.69) is 22.3 Å². The molecule has 0 aliphatic carbocycles. The maximum atomic E-state index is 12.1. The molecular weight excluding hydrogens is 288 g/mol. The number of carbonyl (C=O) groups is 1. The highest BCUT2D eigenvalue weighted by molar-refractivity contribution is 5.97. The van der Waals surface area contributed by atoms with Gasteiger partial charge in [-0.15, -0.1) is 0 Å². The number of nitrogens with zero attached hydrogens (tertiary/aromatic N) is 3. The summed E-state index contributed by atoms with van der Waals surface area (Å²) in [6.45, 7) is 7.31. The SMILES string of the molecule is CCC(C)NC(=O)/C(C#N)=C\N1CCN(c2ccccc2)CC1. The van der Waals surface area contributed by atoms with Crippen molar-refractivity contribution in [3.8, 4) is 6.07 Å². The minimum absolute atomic E-state index is 0.0779. The number of nitrogens with one attached hydrogen (secondary N) is 1. The topological polar surface area (TPSA) is 59.4 Å². The minimum atomic E-state index is -0.285. The van der Waals surface area contributed by atoms with Crippen LogP contribution in [0.25, 0.3) is 0 Å². The van der Waals surface area contributed by atoms with Gasteiger partial charge in [-0.1, -0.05) is 25.1 Å². The van der Waals surface area contributed by atoms with E-state index in [1.807, 2.05) is 43.0 Å². The van der Waals surface area contributed by atoms with Gasteiger partial charge >= 0.3 is 0 Å². The highest BCUT2D eigenvalue weighted by atomic mass is 16.1. The zero-order valence-electron chi connectivity index (χ0n) is 13.8. The summed E-state index contributed by atoms with van der Waals surface area (Å²) >= 11 is 0. The van der Waals surface area contributed by atoms with E-state index < -0.39 is 0 Å². The van der Waals surface area contributed by atoms with Crippen molar-refractivity contribution < 1.29 is 4.79 Å². The number of carbonyl (C=O) groups excluding carboxylic acids is 1. The number of anilines is 1. The van der Waals surface area contributed by atoms with Crippen molar-refractivity contribution in [3.63, 3.8) is 0 Å².